The minimum atomic E-state index is 0.0891. The second kappa shape index (κ2) is 4.97. The molecule has 3 rings (SSSR count). The van der Waals surface area contributed by atoms with Crippen molar-refractivity contribution in [3.8, 4) is 0 Å². The standard InChI is InChI=1S/C13H22N4O/c1-17-13(11-7-6-10(8-14)18-11)15-12(16-17)9-4-2-3-5-9/h9-11H,2-8,14H2,1H3. The van der Waals surface area contributed by atoms with Crippen molar-refractivity contribution in [3.63, 3.8) is 0 Å². The van der Waals surface area contributed by atoms with Gasteiger partial charge in [-0.25, -0.2) is 4.98 Å². The van der Waals surface area contributed by atoms with Crippen molar-refractivity contribution in [1.82, 2.24) is 14.8 Å². The lowest BCUT2D eigenvalue weighted by molar-refractivity contribution is 0.0427. The third-order valence-electron chi connectivity index (χ3n) is 4.19. The lowest BCUT2D eigenvalue weighted by Crippen LogP contribution is -2.19. The van der Waals surface area contributed by atoms with E-state index in [-0.39, 0.29) is 12.2 Å². The van der Waals surface area contributed by atoms with Crippen molar-refractivity contribution in [2.75, 3.05) is 6.54 Å². The van der Waals surface area contributed by atoms with Gasteiger partial charge in [-0.05, 0) is 25.7 Å². The number of rotatable bonds is 3. The van der Waals surface area contributed by atoms with E-state index in [1.54, 1.807) is 0 Å². The number of hydrogen-bond donors (Lipinski definition) is 1. The Morgan fingerprint density at radius 3 is 2.72 bits per heavy atom. The van der Waals surface area contributed by atoms with Gasteiger partial charge in [-0.15, -0.1) is 0 Å². The van der Waals surface area contributed by atoms with Crippen LogP contribution < -0.4 is 5.73 Å². The van der Waals surface area contributed by atoms with Gasteiger partial charge in [-0.1, -0.05) is 12.8 Å². The molecule has 100 valence electrons. The molecule has 1 aromatic rings. The first-order valence-corrected chi connectivity index (χ1v) is 7.04. The fourth-order valence-corrected chi connectivity index (χ4v) is 3.12. The molecule has 2 N–H and O–H groups in total. The maximum absolute atomic E-state index is 5.91. The molecule has 1 aliphatic heterocycles. The average molecular weight is 250 g/mol. The smallest absolute Gasteiger partial charge is 0.156 e. The minimum absolute atomic E-state index is 0.0891. The van der Waals surface area contributed by atoms with Crippen LogP contribution in [0.5, 0.6) is 0 Å². The topological polar surface area (TPSA) is 66.0 Å². The van der Waals surface area contributed by atoms with Crippen LogP contribution in [0.3, 0.4) is 0 Å². The predicted molar refractivity (Wildman–Crippen MR) is 68.1 cm³/mol. The van der Waals surface area contributed by atoms with E-state index in [0.717, 1.165) is 24.5 Å². The third kappa shape index (κ3) is 2.17. The maximum Gasteiger partial charge on any atom is 0.156 e. The molecule has 2 aliphatic rings. The van der Waals surface area contributed by atoms with Crippen molar-refractivity contribution >= 4 is 0 Å². The molecule has 0 spiro atoms. The molecule has 18 heavy (non-hydrogen) atoms. The number of ether oxygens (including phenoxy) is 1. The lowest BCUT2D eigenvalue weighted by atomic mass is 10.1. The molecule has 0 aromatic carbocycles. The van der Waals surface area contributed by atoms with E-state index in [1.807, 2.05) is 11.7 Å². The summed E-state index contributed by atoms with van der Waals surface area (Å²) in [6.45, 7) is 0.601. The highest BCUT2D eigenvalue weighted by atomic mass is 16.5. The molecule has 1 saturated carbocycles. The van der Waals surface area contributed by atoms with Gasteiger partial charge in [-0.2, -0.15) is 5.10 Å². The summed E-state index contributed by atoms with van der Waals surface area (Å²) >= 11 is 0. The molecule has 5 nitrogen and oxygen atoms in total. The number of hydrogen-bond acceptors (Lipinski definition) is 4. The molecule has 2 fully saturated rings. The van der Waals surface area contributed by atoms with Crippen LogP contribution in [0, 0.1) is 0 Å². The number of aromatic nitrogens is 3. The van der Waals surface area contributed by atoms with Crippen LogP contribution in [0.2, 0.25) is 0 Å². The lowest BCUT2D eigenvalue weighted by Gasteiger charge is -2.10. The molecule has 2 unspecified atom stereocenters. The summed E-state index contributed by atoms with van der Waals surface area (Å²) in [5, 5.41) is 4.58. The van der Waals surface area contributed by atoms with Gasteiger partial charge in [0.2, 0.25) is 0 Å². The summed E-state index contributed by atoms with van der Waals surface area (Å²) in [4.78, 5) is 4.73. The Bertz CT molecular complexity index is 411. The van der Waals surface area contributed by atoms with Crippen LogP contribution in [0.4, 0.5) is 0 Å². The van der Waals surface area contributed by atoms with Gasteiger partial charge in [0.25, 0.3) is 0 Å². The normalized spacial score (nSPS) is 29.2. The summed E-state index contributed by atoms with van der Waals surface area (Å²) in [6.07, 6.45) is 7.43. The minimum Gasteiger partial charge on any atom is -0.366 e. The van der Waals surface area contributed by atoms with Crippen LogP contribution in [0.25, 0.3) is 0 Å². The Kier molecular flexibility index (Phi) is 3.35. The molecule has 0 bridgehead atoms. The first-order valence-electron chi connectivity index (χ1n) is 7.04. The highest BCUT2D eigenvalue weighted by molar-refractivity contribution is 5.04. The van der Waals surface area contributed by atoms with Crippen molar-refractivity contribution in [1.29, 1.82) is 0 Å². The Hall–Kier alpha value is -0.940. The molecular weight excluding hydrogens is 228 g/mol. The van der Waals surface area contributed by atoms with E-state index in [9.17, 15) is 0 Å². The van der Waals surface area contributed by atoms with Gasteiger partial charge in [0.15, 0.2) is 11.6 Å². The van der Waals surface area contributed by atoms with Crippen LogP contribution in [-0.2, 0) is 11.8 Å². The first-order chi connectivity index (χ1) is 8.78. The molecule has 5 heteroatoms. The average Bonchev–Trinajstić information content (AvgIpc) is 3.08. The largest absolute Gasteiger partial charge is 0.366 e. The zero-order valence-corrected chi connectivity index (χ0v) is 11.0. The molecule has 0 amide bonds. The summed E-state index contributed by atoms with van der Waals surface area (Å²) < 4.78 is 7.81. The molecule has 0 radical (unpaired) electrons. The Morgan fingerprint density at radius 2 is 2.06 bits per heavy atom. The summed E-state index contributed by atoms with van der Waals surface area (Å²) in [6, 6.07) is 0. The second-order valence-corrected chi connectivity index (χ2v) is 5.49. The molecule has 2 atom stereocenters. The van der Waals surface area contributed by atoms with E-state index in [4.69, 9.17) is 15.5 Å². The summed E-state index contributed by atoms with van der Waals surface area (Å²) in [5.74, 6) is 2.56. The maximum atomic E-state index is 5.91. The third-order valence-corrected chi connectivity index (χ3v) is 4.19. The highest BCUT2D eigenvalue weighted by Gasteiger charge is 2.30. The van der Waals surface area contributed by atoms with Crippen molar-refractivity contribution in [3.05, 3.63) is 11.6 Å². The van der Waals surface area contributed by atoms with E-state index < -0.39 is 0 Å². The van der Waals surface area contributed by atoms with Gasteiger partial charge in [0.05, 0.1) is 6.10 Å². The summed E-state index contributed by atoms with van der Waals surface area (Å²) in [7, 11) is 1.97. The van der Waals surface area contributed by atoms with Crippen molar-refractivity contribution < 1.29 is 4.74 Å². The SMILES string of the molecule is Cn1nc(C2CCCC2)nc1C1CCC(CN)O1. The molecule has 2 heterocycles. The van der Waals surface area contributed by atoms with E-state index in [2.05, 4.69) is 5.10 Å². The number of nitrogens with zero attached hydrogens (tertiary/aromatic N) is 3. The van der Waals surface area contributed by atoms with Crippen molar-refractivity contribution in [2.24, 2.45) is 12.8 Å². The van der Waals surface area contributed by atoms with Crippen molar-refractivity contribution in [2.45, 2.75) is 56.7 Å². The molecular formula is C13H22N4O. The van der Waals surface area contributed by atoms with E-state index in [0.29, 0.717) is 12.5 Å². The van der Waals surface area contributed by atoms with E-state index in [1.165, 1.54) is 25.7 Å². The van der Waals surface area contributed by atoms with E-state index >= 15 is 0 Å². The van der Waals surface area contributed by atoms with Crippen LogP contribution in [-0.4, -0.2) is 27.4 Å². The second-order valence-electron chi connectivity index (χ2n) is 5.49. The van der Waals surface area contributed by atoms with Gasteiger partial charge >= 0.3 is 0 Å². The zero-order valence-electron chi connectivity index (χ0n) is 11.0. The predicted octanol–water partition coefficient (Wildman–Crippen LogP) is 1.65. The number of aryl methyl sites for hydroxylation is 1. The quantitative estimate of drug-likeness (QED) is 0.886. The van der Waals surface area contributed by atoms with Gasteiger partial charge in [0, 0.05) is 19.5 Å². The van der Waals surface area contributed by atoms with Crippen LogP contribution in [0.1, 0.15) is 62.2 Å². The molecule has 1 aromatic heterocycles. The van der Waals surface area contributed by atoms with Gasteiger partial charge in [0.1, 0.15) is 6.10 Å². The van der Waals surface area contributed by atoms with Gasteiger partial charge < -0.3 is 10.5 Å². The fraction of sp³-hybridized carbons (Fsp3) is 0.846. The highest BCUT2D eigenvalue weighted by Crippen LogP contribution is 2.35. The first kappa shape index (κ1) is 12.1. The Morgan fingerprint density at radius 1 is 1.28 bits per heavy atom. The van der Waals surface area contributed by atoms with Crippen LogP contribution in [0.15, 0.2) is 0 Å². The Labute approximate surface area is 108 Å². The zero-order chi connectivity index (χ0) is 12.5. The fourth-order valence-electron chi connectivity index (χ4n) is 3.12. The monoisotopic (exact) mass is 250 g/mol. The van der Waals surface area contributed by atoms with Crippen LogP contribution >= 0.6 is 0 Å². The molecule has 1 saturated heterocycles. The molecule has 1 aliphatic carbocycles. The van der Waals surface area contributed by atoms with Gasteiger partial charge in [-0.3, -0.25) is 4.68 Å². The Balaban J connectivity index is 1.76. The number of nitrogens with two attached hydrogens (primary N) is 1. The summed E-state index contributed by atoms with van der Waals surface area (Å²) in [5.41, 5.74) is 5.65.